The van der Waals surface area contributed by atoms with Crippen molar-refractivity contribution in [3.8, 4) is 5.75 Å². The molecule has 0 aromatic heterocycles. The lowest BCUT2D eigenvalue weighted by Crippen LogP contribution is -2.26. The van der Waals surface area contributed by atoms with Crippen molar-refractivity contribution in [1.29, 1.82) is 0 Å². The molecule has 5 heteroatoms. The smallest absolute Gasteiger partial charge is 0.262 e. The van der Waals surface area contributed by atoms with E-state index in [0.29, 0.717) is 5.75 Å². The number of aromatic carboxylic acids is 1. The topological polar surface area (TPSA) is 78.5 Å². The number of hydrogen-bond acceptors (Lipinski definition) is 4. The van der Waals surface area contributed by atoms with Gasteiger partial charge in [0.15, 0.2) is 6.61 Å². The number of amides is 1. The van der Waals surface area contributed by atoms with Gasteiger partial charge in [0.1, 0.15) is 5.75 Å². The van der Waals surface area contributed by atoms with Gasteiger partial charge in [-0.05, 0) is 30.2 Å². The van der Waals surface area contributed by atoms with Crippen LogP contribution in [-0.2, 0) is 11.2 Å². The number of rotatable bonds is 6. The molecular weight excluding hydrogens is 282 g/mol. The van der Waals surface area contributed by atoms with E-state index in [4.69, 9.17) is 4.74 Å². The first kappa shape index (κ1) is 15.6. The monoisotopic (exact) mass is 298 g/mol. The second kappa shape index (κ2) is 7.26. The molecule has 0 aliphatic rings. The van der Waals surface area contributed by atoms with Crippen molar-refractivity contribution in [3.05, 3.63) is 59.7 Å². The van der Waals surface area contributed by atoms with Crippen LogP contribution in [0.4, 0.5) is 5.69 Å². The summed E-state index contributed by atoms with van der Waals surface area (Å²) in [5, 5.41) is 13.5. The fourth-order valence-corrected chi connectivity index (χ4v) is 1.96. The van der Waals surface area contributed by atoms with Crippen LogP contribution in [0.5, 0.6) is 5.75 Å². The molecule has 0 heterocycles. The number of aryl methyl sites for hydroxylation is 1. The van der Waals surface area contributed by atoms with E-state index in [9.17, 15) is 14.7 Å². The molecule has 2 rings (SSSR count). The molecule has 1 amide bonds. The first-order chi connectivity index (χ1) is 10.6. The van der Waals surface area contributed by atoms with E-state index in [2.05, 4.69) is 5.32 Å². The van der Waals surface area contributed by atoms with E-state index in [1.807, 2.05) is 25.1 Å². The lowest BCUT2D eigenvalue weighted by Gasteiger charge is -2.12. The molecule has 0 atom stereocenters. The fourth-order valence-electron chi connectivity index (χ4n) is 1.96. The number of carbonyl (C=O) groups excluding carboxylic acids is 2. The minimum atomic E-state index is -1.34. The molecule has 0 spiro atoms. The third-order valence-electron chi connectivity index (χ3n) is 3.10. The van der Waals surface area contributed by atoms with Gasteiger partial charge in [-0.2, -0.15) is 0 Å². The van der Waals surface area contributed by atoms with Crippen molar-refractivity contribution >= 4 is 17.6 Å². The van der Waals surface area contributed by atoms with E-state index in [0.717, 1.165) is 12.0 Å². The van der Waals surface area contributed by atoms with Crippen LogP contribution in [0.2, 0.25) is 0 Å². The number of anilines is 1. The Balaban J connectivity index is 1.97. The second-order valence-corrected chi connectivity index (χ2v) is 4.67. The van der Waals surface area contributed by atoms with Crippen molar-refractivity contribution in [3.63, 3.8) is 0 Å². The molecule has 0 saturated heterocycles. The Kier molecular flexibility index (Phi) is 5.14. The highest BCUT2D eigenvalue weighted by Crippen LogP contribution is 2.15. The quantitative estimate of drug-likeness (QED) is 0.879. The molecule has 0 aliphatic heterocycles. The normalized spacial score (nSPS) is 10.0. The Morgan fingerprint density at radius 2 is 1.91 bits per heavy atom. The summed E-state index contributed by atoms with van der Waals surface area (Å²) in [4.78, 5) is 22.8. The number of hydrogen-bond donors (Lipinski definition) is 1. The number of para-hydroxylation sites is 1. The number of nitrogens with one attached hydrogen (secondary N) is 1. The van der Waals surface area contributed by atoms with Gasteiger partial charge < -0.3 is 20.0 Å². The number of carboxylic acid groups (broad SMARTS) is 1. The predicted molar refractivity (Wildman–Crippen MR) is 80.7 cm³/mol. The summed E-state index contributed by atoms with van der Waals surface area (Å²) in [5.74, 6) is -1.18. The van der Waals surface area contributed by atoms with Crippen LogP contribution in [0.3, 0.4) is 0 Å². The summed E-state index contributed by atoms with van der Waals surface area (Å²) in [5.41, 5.74) is 1.24. The predicted octanol–water partition coefficient (Wildman–Crippen LogP) is 1.63. The molecule has 0 aliphatic carbocycles. The molecule has 5 nitrogen and oxygen atoms in total. The van der Waals surface area contributed by atoms with Gasteiger partial charge in [0.25, 0.3) is 5.91 Å². The summed E-state index contributed by atoms with van der Waals surface area (Å²) in [6.45, 7) is 1.83. The summed E-state index contributed by atoms with van der Waals surface area (Å²) >= 11 is 0. The van der Waals surface area contributed by atoms with E-state index in [-0.39, 0.29) is 17.9 Å². The van der Waals surface area contributed by atoms with Crippen molar-refractivity contribution in [2.24, 2.45) is 0 Å². The maximum Gasteiger partial charge on any atom is 0.262 e. The van der Waals surface area contributed by atoms with Crippen LogP contribution >= 0.6 is 0 Å². The highest BCUT2D eigenvalue weighted by atomic mass is 16.5. The van der Waals surface area contributed by atoms with Crippen LogP contribution < -0.4 is 15.2 Å². The highest BCUT2D eigenvalue weighted by Gasteiger charge is 2.08. The fraction of sp³-hybridized carbons (Fsp3) is 0.176. The number of ether oxygens (including phenoxy) is 1. The summed E-state index contributed by atoms with van der Waals surface area (Å²) in [6.07, 6.45) is 0.877. The van der Waals surface area contributed by atoms with Gasteiger partial charge in [-0.25, -0.2) is 0 Å². The molecule has 0 unspecified atom stereocenters. The van der Waals surface area contributed by atoms with Crippen LogP contribution in [0.25, 0.3) is 0 Å². The van der Waals surface area contributed by atoms with Gasteiger partial charge >= 0.3 is 0 Å². The van der Waals surface area contributed by atoms with Gasteiger partial charge in [0.05, 0.1) is 5.97 Å². The zero-order chi connectivity index (χ0) is 15.9. The average Bonchev–Trinajstić information content (AvgIpc) is 2.53. The van der Waals surface area contributed by atoms with Crippen LogP contribution in [0, 0.1) is 0 Å². The number of benzene rings is 2. The van der Waals surface area contributed by atoms with Crippen molar-refractivity contribution in [2.75, 3.05) is 11.9 Å². The first-order valence-electron chi connectivity index (χ1n) is 6.92. The molecule has 0 radical (unpaired) electrons. The van der Waals surface area contributed by atoms with Gasteiger partial charge in [-0.1, -0.05) is 37.3 Å². The molecule has 0 fully saturated rings. The van der Waals surface area contributed by atoms with Gasteiger partial charge in [0, 0.05) is 11.3 Å². The Hall–Kier alpha value is -2.82. The Morgan fingerprint density at radius 3 is 2.64 bits per heavy atom. The van der Waals surface area contributed by atoms with Crippen molar-refractivity contribution in [1.82, 2.24) is 0 Å². The molecule has 2 aromatic carbocycles. The summed E-state index contributed by atoms with van der Waals surface area (Å²) in [6, 6.07) is 13.5. The van der Waals surface area contributed by atoms with E-state index < -0.39 is 11.9 Å². The van der Waals surface area contributed by atoms with Gasteiger partial charge in [0.2, 0.25) is 0 Å². The SMILES string of the molecule is CCc1cccc(OCC(=O)Nc2ccccc2C(=O)[O-])c1. The molecule has 0 saturated carbocycles. The highest BCUT2D eigenvalue weighted by molar-refractivity contribution is 6.00. The molecule has 2 aromatic rings. The third-order valence-corrected chi connectivity index (χ3v) is 3.10. The Labute approximate surface area is 128 Å². The zero-order valence-electron chi connectivity index (χ0n) is 12.2. The van der Waals surface area contributed by atoms with Crippen LogP contribution in [0.1, 0.15) is 22.8 Å². The minimum Gasteiger partial charge on any atom is -0.545 e. The summed E-state index contributed by atoms with van der Waals surface area (Å²) < 4.78 is 5.41. The maximum absolute atomic E-state index is 11.9. The molecule has 0 bridgehead atoms. The van der Waals surface area contributed by atoms with Crippen molar-refractivity contribution < 1.29 is 19.4 Å². The second-order valence-electron chi connectivity index (χ2n) is 4.67. The van der Waals surface area contributed by atoms with Gasteiger partial charge in [-0.15, -0.1) is 0 Å². The third kappa shape index (κ3) is 4.09. The lowest BCUT2D eigenvalue weighted by atomic mass is 10.2. The first-order valence-corrected chi connectivity index (χ1v) is 6.92. The average molecular weight is 298 g/mol. The maximum atomic E-state index is 11.9. The summed E-state index contributed by atoms with van der Waals surface area (Å²) in [7, 11) is 0. The number of carboxylic acids is 1. The largest absolute Gasteiger partial charge is 0.545 e. The standard InChI is InChI=1S/C17H17NO4/c1-2-12-6-5-7-13(10-12)22-11-16(19)18-15-9-4-3-8-14(15)17(20)21/h3-10H,2,11H2,1H3,(H,18,19)(H,20,21)/p-1. The van der Waals surface area contributed by atoms with Gasteiger partial charge in [-0.3, -0.25) is 4.79 Å². The molecule has 114 valence electrons. The lowest BCUT2D eigenvalue weighted by molar-refractivity contribution is -0.254. The zero-order valence-corrected chi connectivity index (χ0v) is 12.2. The molecule has 1 N–H and O–H groups in total. The molecule has 22 heavy (non-hydrogen) atoms. The van der Waals surface area contributed by atoms with E-state index in [1.54, 1.807) is 18.2 Å². The van der Waals surface area contributed by atoms with E-state index in [1.165, 1.54) is 12.1 Å². The van der Waals surface area contributed by atoms with Crippen LogP contribution in [-0.4, -0.2) is 18.5 Å². The van der Waals surface area contributed by atoms with Crippen LogP contribution in [0.15, 0.2) is 48.5 Å². The Morgan fingerprint density at radius 1 is 1.14 bits per heavy atom. The van der Waals surface area contributed by atoms with E-state index >= 15 is 0 Å². The van der Waals surface area contributed by atoms with Crippen molar-refractivity contribution in [2.45, 2.75) is 13.3 Å². The minimum absolute atomic E-state index is 0.0659. The number of carbonyl (C=O) groups is 2. The Bertz CT molecular complexity index is 682. The molecular formula is C17H16NO4-.